The number of carbonyl (C=O) groups is 1. The third-order valence-corrected chi connectivity index (χ3v) is 2.16. The summed E-state index contributed by atoms with van der Waals surface area (Å²) in [5, 5.41) is 0. The zero-order valence-electron chi connectivity index (χ0n) is 8.57. The minimum Gasteiger partial charge on any atom is -0.298 e. The molecule has 0 heterocycles. The molecule has 14 heavy (non-hydrogen) atoms. The summed E-state index contributed by atoms with van der Waals surface area (Å²) in [4.78, 5) is 10.8. The van der Waals surface area contributed by atoms with Gasteiger partial charge in [-0.15, -0.1) is 0 Å². The maximum absolute atomic E-state index is 10.8. The second kappa shape index (κ2) is 6.14. The molecular weight excluding hydrogens is 172 g/mol. The standard InChI is InChI=1S/C13H16O/c1-2-3-5-10-13(11-14)12-8-6-4-7-9-12/h4,6-11H,2-3,5H2,1H3/b13-10+. The van der Waals surface area contributed by atoms with Gasteiger partial charge in [-0.2, -0.15) is 0 Å². The van der Waals surface area contributed by atoms with Gasteiger partial charge in [-0.25, -0.2) is 0 Å². The van der Waals surface area contributed by atoms with Gasteiger partial charge >= 0.3 is 0 Å². The highest BCUT2D eigenvalue weighted by atomic mass is 16.1. The van der Waals surface area contributed by atoms with Crippen molar-refractivity contribution in [1.29, 1.82) is 0 Å². The molecule has 0 atom stereocenters. The van der Waals surface area contributed by atoms with Crippen LogP contribution in [0.1, 0.15) is 31.7 Å². The molecule has 1 rings (SSSR count). The fourth-order valence-corrected chi connectivity index (χ4v) is 1.33. The van der Waals surface area contributed by atoms with Crippen molar-refractivity contribution >= 4 is 11.9 Å². The van der Waals surface area contributed by atoms with Crippen LogP contribution in [0, 0.1) is 0 Å². The predicted molar refractivity (Wildman–Crippen MR) is 60.0 cm³/mol. The maximum Gasteiger partial charge on any atom is 0.150 e. The first kappa shape index (κ1) is 10.7. The Bertz CT molecular complexity index is 298. The van der Waals surface area contributed by atoms with Gasteiger partial charge in [0, 0.05) is 5.57 Å². The zero-order chi connectivity index (χ0) is 10.2. The lowest BCUT2D eigenvalue weighted by atomic mass is 10.1. The van der Waals surface area contributed by atoms with Gasteiger partial charge in [0.05, 0.1) is 0 Å². The highest BCUT2D eigenvalue weighted by Gasteiger charge is 1.97. The normalized spacial score (nSPS) is 11.4. The smallest absolute Gasteiger partial charge is 0.150 e. The van der Waals surface area contributed by atoms with Crippen molar-refractivity contribution in [1.82, 2.24) is 0 Å². The van der Waals surface area contributed by atoms with Crippen molar-refractivity contribution in [3.8, 4) is 0 Å². The monoisotopic (exact) mass is 188 g/mol. The molecule has 0 saturated carbocycles. The molecule has 0 bridgehead atoms. The van der Waals surface area contributed by atoms with E-state index in [0.29, 0.717) is 0 Å². The second-order valence-electron chi connectivity index (χ2n) is 3.29. The first-order valence-corrected chi connectivity index (χ1v) is 5.09. The van der Waals surface area contributed by atoms with Crippen molar-refractivity contribution in [3.05, 3.63) is 42.0 Å². The summed E-state index contributed by atoms with van der Waals surface area (Å²) in [6.07, 6.45) is 6.25. The van der Waals surface area contributed by atoms with Gasteiger partial charge < -0.3 is 0 Å². The molecule has 0 radical (unpaired) electrons. The fraction of sp³-hybridized carbons (Fsp3) is 0.308. The van der Waals surface area contributed by atoms with E-state index in [9.17, 15) is 4.79 Å². The van der Waals surface area contributed by atoms with Crippen LogP contribution in [0.4, 0.5) is 0 Å². The Kier molecular flexibility index (Phi) is 4.70. The van der Waals surface area contributed by atoms with E-state index in [-0.39, 0.29) is 0 Å². The number of carbonyl (C=O) groups excluding carboxylic acids is 1. The lowest BCUT2D eigenvalue weighted by molar-refractivity contribution is -0.103. The summed E-state index contributed by atoms with van der Waals surface area (Å²) >= 11 is 0. The minimum absolute atomic E-state index is 0.805. The Morgan fingerprint density at radius 3 is 2.57 bits per heavy atom. The van der Waals surface area contributed by atoms with Crippen molar-refractivity contribution in [3.63, 3.8) is 0 Å². The number of allylic oxidation sites excluding steroid dienone is 2. The minimum atomic E-state index is 0.805. The lowest BCUT2D eigenvalue weighted by Gasteiger charge is -1.99. The molecule has 0 aromatic heterocycles. The van der Waals surface area contributed by atoms with E-state index in [1.54, 1.807) is 0 Å². The maximum atomic E-state index is 10.8. The summed E-state index contributed by atoms with van der Waals surface area (Å²) in [5.74, 6) is 0. The van der Waals surface area contributed by atoms with Crippen LogP contribution in [-0.4, -0.2) is 6.29 Å². The van der Waals surface area contributed by atoms with Gasteiger partial charge in [0.1, 0.15) is 6.29 Å². The average Bonchev–Trinajstić information content (AvgIpc) is 2.26. The Balaban J connectivity index is 2.72. The number of benzene rings is 1. The van der Waals surface area contributed by atoms with Crippen molar-refractivity contribution < 1.29 is 4.79 Å². The van der Waals surface area contributed by atoms with E-state index in [2.05, 4.69) is 6.92 Å². The third-order valence-electron chi connectivity index (χ3n) is 2.16. The Morgan fingerprint density at radius 1 is 1.29 bits per heavy atom. The SMILES string of the molecule is CCCC/C=C(\C=O)c1ccccc1. The van der Waals surface area contributed by atoms with E-state index < -0.39 is 0 Å². The number of unbranched alkanes of at least 4 members (excludes halogenated alkanes) is 2. The van der Waals surface area contributed by atoms with Gasteiger partial charge in [-0.1, -0.05) is 56.2 Å². The summed E-state index contributed by atoms with van der Waals surface area (Å²) in [5.41, 5.74) is 1.82. The highest BCUT2D eigenvalue weighted by Crippen LogP contribution is 2.12. The van der Waals surface area contributed by atoms with Crippen LogP contribution < -0.4 is 0 Å². The summed E-state index contributed by atoms with van der Waals surface area (Å²) < 4.78 is 0. The van der Waals surface area contributed by atoms with Crippen LogP contribution >= 0.6 is 0 Å². The van der Waals surface area contributed by atoms with E-state index in [1.165, 1.54) is 0 Å². The van der Waals surface area contributed by atoms with Crippen LogP contribution in [0.5, 0.6) is 0 Å². The molecule has 0 aliphatic rings. The molecule has 0 unspecified atom stereocenters. The van der Waals surface area contributed by atoms with Crippen molar-refractivity contribution in [2.75, 3.05) is 0 Å². The molecule has 0 spiro atoms. The van der Waals surface area contributed by atoms with Gasteiger partial charge in [-0.3, -0.25) is 4.79 Å². The molecule has 74 valence electrons. The van der Waals surface area contributed by atoms with Gasteiger partial charge in [0.2, 0.25) is 0 Å². The van der Waals surface area contributed by atoms with Gasteiger partial charge in [-0.05, 0) is 12.0 Å². The largest absolute Gasteiger partial charge is 0.298 e. The van der Waals surface area contributed by atoms with Crippen LogP contribution in [0.3, 0.4) is 0 Å². The first-order chi connectivity index (χ1) is 6.88. The Morgan fingerprint density at radius 2 is 2.00 bits per heavy atom. The fourth-order valence-electron chi connectivity index (χ4n) is 1.33. The molecule has 1 heteroatoms. The number of aldehydes is 1. The Labute approximate surface area is 85.5 Å². The first-order valence-electron chi connectivity index (χ1n) is 5.09. The lowest BCUT2D eigenvalue weighted by Crippen LogP contribution is -1.85. The zero-order valence-corrected chi connectivity index (χ0v) is 8.57. The molecule has 0 aliphatic heterocycles. The molecular formula is C13H16O. The third kappa shape index (κ3) is 3.17. The Hall–Kier alpha value is -1.37. The molecule has 0 aliphatic carbocycles. The van der Waals surface area contributed by atoms with Gasteiger partial charge in [0.25, 0.3) is 0 Å². The number of rotatable bonds is 5. The molecule has 0 saturated heterocycles. The second-order valence-corrected chi connectivity index (χ2v) is 3.29. The molecule has 0 amide bonds. The summed E-state index contributed by atoms with van der Waals surface area (Å²) in [7, 11) is 0. The number of hydrogen-bond donors (Lipinski definition) is 0. The summed E-state index contributed by atoms with van der Waals surface area (Å²) in [6.45, 7) is 2.15. The number of hydrogen-bond acceptors (Lipinski definition) is 1. The highest BCUT2D eigenvalue weighted by molar-refractivity contribution is 6.06. The molecule has 1 aromatic rings. The van der Waals surface area contributed by atoms with Crippen LogP contribution in [0.15, 0.2) is 36.4 Å². The predicted octanol–water partition coefficient (Wildman–Crippen LogP) is 3.46. The van der Waals surface area contributed by atoms with Crippen molar-refractivity contribution in [2.45, 2.75) is 26.2 Å². The van der Waals surface area contributed by atoms with Crippen LogP contribution in [0.2, 0.25) is 0 Å². The summed E-state index contributed by atoms with van der Waals surface area (Å²) in [6, 6.07) is 9.79. The average molecular weight is 188 g/mol. The van der Waals surface area contributed by atoms with Gasteiger partial charge in [0.15, 0.2) is 0 Å². The topological polar surface area (TPSA) is 17.1 Å². The van der Waals surface area contributed by atoms with E-state index in [1.807, 2.05) is 36.4 Å². The quantitative estimate of drug-likeness (QED) is 0.393. The molecule has 0 N–H and O–H groups in total. The van der Waals surface area contributed by atoms with E-state index in [0.717, 1.165) is 36.7 Å². The molecule has 1 aromatic carbocycles. The van der Waals surface area contributed by atoms with Crippen molar-refractivity contribution in [2.24, 2.45) is 0 Å². The van der Waals surface area contributed by atoms with E-state index >= 15 is 0 Å². The van der Waals surface area contributed by atoms with Crippen LogP contribution in [0.25, 0.3) is 5.57 Å². The van der Waals surface area contributed by atoms with E-state index in [4.69, 9.17) is 0 Å². The molecule has 0 fully saturated rings. The van der Waals surface area contributed by atoms with Crippen LogP contribution in [-0.2, 0) is 4.79 Å². The molecule has 1 nitrogen and oxygen atoms in total.